The van der Waals surface area contributed by atoms with Crippen LogP contribution in [0.1, 0.15) is 12.0 Å². The van der Waals surface area contributed by atoms with E-state index in [0.717, 1.165) is 21.5 Å². The lowest BCUT2D eigenvalue weighted by Gasteiger charge is -2.13. The van der Waals surface area contributed by atoms with E-state index >= 15 is 0 Å². The summed E-state index contributed by atoms with van der Waals surface area (Å²) in [6, 6.07) is 5.34. The molecule has 0 aliphatic rings. The van der Waals surface area contributed by atoms with Gasteiger partial charge in [0.05, 0.1) is 11.7 Å². The van der Waals surface area contributed by atoms with Gasteiger partial charge in [-0.3, -0.25) is 4.79 Å². The molecule has 0 heterocycles. The van der Waals surface area contributed by atoms with Crippen LogP contribution in [0.4, 0.5) is 5.69 Å². The lowest BCUT2D eigenvalue weighted by molar-refractivity contribution is -0.117. The van der Waals surface area contributed by atoms with Crippen molar-refractivity contribution in [2.75, 3.05) is 17.3 Å². The van der Waals surface area contributed by atoms with Crippen LogP contribution in [0.5, 0.6) is 0 Å². The van der Waals surface area contributed by atoms with Gasteiger partial charge < -0.3 is 11.1 Å². The summed E-state index contributed by atoms with van der Waals surface area (Å²) < 4.78 is 0.878. The van der Waals surface area contributed by atoms with Crippen molar-refractivity contribution >= 4 is 39.3 Å². The minimum atomic E-state index is -0.448. The molecule has 0 aliphatic carbocycles. The Morgan fingerprint density at radius 2 is 2.29 bits per heavy atom. The molecule has 0 fully saturated rings. The Morgan fingerprint density at radius 1 is 1.59 bits per heavy atom. The molecule has 94 valence electrons. The van der Waals surface area contributed by atoms with Crippen LogP contribution in [0.3, 0.4) is 0 Å². The third kappa shape index (κ3) is 4.69. The van der Waals surface area contributed by atoms with E-state index in [1.54, 1.807) is 11.8 Å². The number of rotatable bonds is 5. The Hall–Kier alpha value is -0.520. The molecule has 3 N–H and O–H groups in total. The Kier molecular flexibility index (Phi) is 6.02. The standard InChI is InChI=1S/C12H17BrN2OS/c1-8-3-4-11(9(13)7-8)15-12(16)10(14)5-6-17-2/h3-4,7,10H,5-6,14H2,1-2H3,(H,15,16)/t10-/m1/s1. The molecule has 0 bridgehead atoms. The molecule has 5 heteroatoms. The number of benzene rings is 1. The Labute approximate surface area is 115 Å². The van der Waals surface area contributed by atoms with Crippen molar-refractivity contribution in [1.29, 1.82) is 0 Å². The number of amides is 1. The van der Waals surface area contributed by atoms with Crippen molar-refractivity contribution < 1.29 is 4.79 Å². The summed E-state index contributed by atoms with van der Waals surface area (Å²) in [5.41, 5.74) is 7.69. The van der Waals surface area contributed by atoms with Gasteiger partial charge in [0.1, 0.15) is 0 Å². The summed E-state index contributed by atoms with van der Waals surface area (Å²) in [4.78, 5) is 11.8. The van der Waals surface area contributed by atoms with Gasteiger partial charge in [-0.25, -0.2) is 0 Å². The molecule has 1 amide bonds. The van der Waals surface area contributed by atoms with E-state index < -0.39 is 6.04 Å². The van der Waals surface area contributed by atoms with E-state index in [-0.39, 0.29) is 5.91 Å². The smallest absolute Gasteiger partial charge is 0.241 e. The van der Waals surface area contributed by atoms with Gasteiger partial charge in [0.25, 0.3) is 0 Å². The highest BCUT2D eigenvalue weighted by Crippen LogP contribution is 2.23. The molecule has 0 saturated carbocycles. The maximum absolute atomic E-state index is 11.8. The summed E-state index contributed by atoms with van der Waals surface area (Å²) in [7, 11) is 0. The van der Waals surface area contributed by atoms with Crippen LogP contribution in [0.25, 0.3) is 0 Å². The Bertz CT molecular complexity index is 398. The maximum Gasteiger partial charge on any atom is 0.241 e. The van der Waals surface area contributed by atoms with E-state index in [1.165, 1.54) is 0 Å². The first kappa shape index (κ1) is 14.5. The topological polar surface area (TPSA) is 55.1 Å². The fourth-order valence-corrected chi connectivity index (χ4v) is 2.40. The highest BCUT2D eigenvalue weighted by molar-refractivity contribution is 9.10. The zero-order valence-electron chi connectivity index (χ0n) is 10.00. The second-order valence-electron chi connectivity index (χ2n) is 3.86. The summed E-state index contributed by atoms with van der Waals surface area (Å²) >= 11 is 5.11. The summed E-state index contributed by atoms with van der Waals surface area (Å²) in [6.45, 7) is 2.00. The summed E-state index contributed by atoms with van der Waals surface area (Å²) in [5.74, 6) is 0.757. The van der Waals surface area contributed by atoms with Gasteiger partial charge in [0, 0.05) is 4.47 Å². The molecule has 0 radical (unpaired) electrons. The van der Waals surface area contributed by atoms with Crippen LogP contribution in [0, 0.1) is 6.92 Å². The molecular formula is C12H17BrN2OS. The molecular weight excluding hydrogens is 300 g/mol. The fraction of sp³-hybridized carbons (Fsp3) is 0.417. The number of hydrogen-bond acceptors (Lipinski definition) is 3. The largest absolute Gasteiger partial charge is 0.324 e. The number of nitrogens with two attached hydrogens (primary N) is 1. The predicted molar refractivity (Wildman–Crippen MR) is 78.5 cm³/mol. The number of hydrogen-bond donors (Lipinski definition) is 2. The zero-order valence-corrected chi connectivity index (χ0v) is 12.4. The van der Waals surface area contributed by atoms with Crippen molar-refractivity contribution in [3.63, 3.8) is 0 Å². The number of carbonyl (C=O) groups excluding carboxylic acids is 1. The van der Waals surface area contributed by atoms with Gasteiger partial charge in [-0.05, 0) is 59.0 Å². The number of carbonyl (C=O) groups is 1. The van der Waals surface area contributed by atoms with Crippen molar-refractivity contribution in [1.82, 2.24) is 0 Å². The molecule has 0 aromatic heterocycles. The van der Waals surface area contributed by atoms with Crippen LogP contribution >= 0.6 is 27.7 Å². The van der Waals surface area contributed by atoms with Crippen LogP contribution in [-0.4, -0.2) is 24.0 Å². The molecule has 1 rings (SSSR count). The van der Waals surface area contributed by atoms with Crippen molar-refractivity contribution in [3.8, 4) is 0 Å². The first-order chi connectivity index (χ1) is 8.04. The van der Waals surface area contributed by atoms with Crippen LogP contribution in [0.2, 0.25) is 0 Å². The van der Waals surface area contributed by atoms with Crippen molar-refractivity contribution in [2.24, 2.45) is 5.73 Å². The van der Waals surface area contributed by atoms with Gasteiger partial charge in [0.15, 0.2) is 0 Å². The van der Waals surface area contributed by atoms with Gasteiger partial charge >= 0.3 is 0 Å². The number of aryl methyl sites for hydroxylation is 1. The third-order valence-corrected chi connectivity index (χ3v) is 3.65. The fourth-order valence-electron chi connectivity index (χ4n) is 1.32. The SMILES string of the molecule is CSCC[C@@H](N)C(=O)Nc1ccc(C)cc1Br. The maximum atomic E-state index is 11.8. The number of anilines is 1. The average molecular weight is 317 g/mol. The third-order valence-electron chi connectivity index (χ3n) is 2.35. The predicted octanol–water partition coefficient (Wildman–Crippen LogP) is 2.78. The minimum absolute atomic E-state index is 0.136. The van der Waals surface area contributed by atoms with E-state index in [9.17, 15) is 4.79 Å². The molecule has 3 nitrogen and oxygen atoms in total. The first-order valence-corrected chi connectivity index (χ1v) is 7.55. The van der Waals surface area contributed by atoms with Gasteiger partial charge in [-0.2, -0.15) is 11.8 Å². The normalized spacial score (nSPS) is 12.2. The lowest BCUT2D eigenvalue weighted by atomic mass is 10.2. The number of nitrogens with one attached hydrogen (secondary N) is 1. The van der Waals surface area contributed by atoms with Gasteiger partial charge in [0.2, 0.25) is 5.91 Å². The minimum Gasteiger partial charge on any atom is -0.324 e. The first-order valence-electron chi connectivity index (χ1n) is 5.36. The molecule has 0 aliphatic heterocycles. The van der Waals surface area contributed by atoms with Crippen LogP contribution < -0.4 is 11.1 Å². The molecule has 1 aromatic rings. The van der Waals surface area contributed by atoms with E-state index in [2.05, 4.69) is 21.2 Å². The monoisotopic (exact) mass is 316 g/mol. The summed E-state index contributed by atoms with van der Waals surface area (Å²) in [5, 5.41) is 2.83. The zero-order chi connectivity index (χ0) is 12.8. The average Bonchev–Trinajstić information content (AvgIpc) is 2.29. The second-order valence-corrected chi connectivity index (χ2v) is 5.70. The van der Waals surface area contributed by atoms with Crippen molar-refractivity contribution in [3.05, 3.63) is 28.2 Å². The molecule has 0 unspecified atom stereocenters. The second kappa shape index (κ2) is 7.03. The number of thioether (sulfide) groups is 1. The Balaban J connectivity index is 2.61. The van der Waals surface area contributed by atoms with E-state index in [0.29, 0.717) is 6.42 Å². The van der Waals surface area contributed by atoms with Gasteiger partial charge in [-0.1, -0.05) is 6.07 Å². The van der Waals surface area contributed by atoms with E-state index in [4.69, 9.17) is 5.73 Å². The molecule has 17 heavy (non-hydrogen) atoms. The highest BCUT2D eigenvalue weighted by Gasteiger charge is 2.14. The molecule has 0 spiro atoms. The molecule has 1 atom stereocenters. The van der Waals surface area contributed by atoms with Crippen LogP contribution in [-0.2, 0) is 4.79 Å². The van der Waals surface area contributed by atoms with Crippen molar-refractivity contribution in [2.45, 2.75) is 19.4 Å². The summed E-state index contributed by atoms with van der Waals surface area (Å²) in [6.07, 6.45) is 2.69. The molecule has 0 saturated heterocycles. The highest BCUT2D eigenvalue weighted by atomic mass is 79.9. The number of halogens is 1. The van der Waals surface area contributed by atoms with Crippen LogP contribution in [0.15, 0.2) is 22.7 Å². The lowest BCUT2D eigenvalue weighted by Crippen LogP contribution is -2.36. The van der Waals surface area contributed by atoms with Gasteiger partial charge in [-0.15, -0.1) is 0 Å². The quantitative estimate of drug-likeness (QED) is 0.878. The molecule has 1 aromatic carbocycles. The van der Waals surface area contributed by atoms with E-state index in [1.807, 2.05) is 31.4 Å². The Morgan fingerprint density at radius 3 is 2.88 bits per heavy atom.